The summed E-state index contributed by atoms with van der Waals surface area (Å²) in [6.07, 6.45) is 0. The highest BCUT2D eigenvalue weighted by atomic mass is 32.2. The minimum atomic E-state index is -4.89. The van der Waals surface area contributed by atoms with Crippen LogP contribution in [0.3, 0.4) is 0 Å². The average molecular weight is 699 g/mol. The van der Waals surface area contributed by atoms with Crippen LogP contribution in [0.25, 0.3) is 0 Å². The summed E-state index contributed by atoms with van der Waals surface area (Å²) in [6.45, 7) is -0.659. The summed E-state index contributed by atoms with van der Waals surface area (Å²) >= 11 is 0. The molecule has 2 aromatic heterocycles. The van der Waals surface area contributed by atoms with Crippen molar-refractivity contribution in [1.82, 2.24) is 19.9 Å². The predicted octanol–water partition coefficient (Wildman–Crippen LogP) is 0.101. The Morgan fingerprint density at radius 3 is 1.66 bits per heavy atom. The van der Waals surface area contributed by atoms with Crippen LogP contribution in [0, 0.1) is 0 Å². The Balaban J connectivity index is 1.88. The highest BCUT2D eigenvalue weighted by Crippen LogP contribution is 2.31. The Hall–Kier alpha value is -4.18. The molecule has 1 aromatic carbocycles. The van der Waals surface area contributed by atoms with E-state index < -0.39 is 67.5 Å². The Kier molecular flexibility index (Phi) is 10.3. The normalized spacial score (nSPS) is 12.7. The first-order chi connectivity index (χ1) is 20.2. The molecule has 3 aromatic rings. The lowest BCUT2D eigenvalue weighted by Crippen LogP contribution is -2.19. The molecule has 44 heavy (non-hydrogen) atoms. The number of aromatic nitrogens is 4. The van der Waals surface area contributed by atoms with Gasteiger partial charge in [-0.05, 0) is 30.3 Å². The van der Waals surface area contributed by atoms with E-state index in [1.165, 1.54) is 12.1 Å². The van der Waals surface area contributed by atoms with Crippen molar-refractivity contribution in [1.29, 1.82) is 0 Å². The number of rotatable bonds is 14. The van der Waals surface area contributed by atoms with Gasteiger partial charge in [-0.3, -0.25) is 18.2 Å². The van der Waals surface area contributed by atoms with Crippen molar-refractivity contribution in [2.24, 2.45) is 10.2 Å². The molecular formula is C18H22N10O12S4. The smallest absolute Gasteiger partial charge is 0.296 e. The molecule has 0 unspecified atom stereocenters. The van der Waals surface area contributed by atoms with Gasteiger partial charge in [0, 0.05) is 13.1 Å². The van der Waals surface area contributed by atoms with Crippen LogP contribution < -0.4 is 21.7 Å². The summed E-state index contributed by atoms with van der Waals surface area (Å²) in [4.78, 5) is 14.3. The first kappa shape index (κ1) is 34.3. The highest BCUT2D eigenvalue weighted by Gasteiger charge is 2.20. The van der Waals surface area contributed by atoms with Crippen LogP contribution >= 0.6 is 0 Å². The second kappa shape index (κ2) is 13.2. The Morgan fingerprint density at radius 1 is 0.659 bits per heavy atom. The minimum absolute atomic E-state index is 0.0209. The van der Waals surface area contributed by atoms with Crippen LogP contribution in [0.2, 0.25) is 0 Å². The fourth-order valence-electron chi connectivity index (χ4n) is 2.97. The van der Waals surface area contributed by atoms with Crippen molar-refractivity contribution < 1.29 is 51.9 Å². The number of benzene rings is 1. The van der Waals surface area contributed by atoms with Crippen molar-refractivity contribution in [3.63, 3.8) is 0 Å². The third kappa shape index (κ3) is 10.8. The zero-order chi connectivity index (χ0) is 32.9. The lowest BCUT2D eigenvalue weighted by Gasteiger charge is -2.11. The van der Waals surface area contributed by atoms with E-state index in [-0.39, 0.29) is 48.3 Å². The fraction of sp³-hybridized carbons (Fsp3) is 0.222. The number of nitrogens with one attached hydrogen (secondary N) is 3. The fourth-order valence-corrected chi connectivity index (χ4v) is 4.80. The van der Waals surface area contributed by atoms with Crippen molar-refractivity contribution in [2.75, 3.05) is 46.3 Å². The van der Waals surface area contributed by atoms with Gasteiger partial charge in [-0.1, -0.05) is 0 Å². The third-order valence-electron chi connectivity index (χ3n) is 4.84. The van der Waals surface area contributed by atoms with E-state index in [0.29, 0.717) is 12.1 Å². The highest BCUT2D eigenvalue weighted by molar-refractivity contribution is 7.86. The molecule has 0 saturated carbocycles. The molecular weight excluding hydrogens is 677 g/mol. The summed E-state index contributed by atoms with van der Waals surface area (Å²) in [6, 6.07) is 4.55. The second-order valence-corrected chi connectivity index (χ2v) is 14.2. The zero-order valence-electron chi connectivity index (χ0n) is 21.7. The molecule has 9 N–H and O–H groups in total. The topological polar surface area (TPSA) is 356 Å². The van der Waals surface area contributed by atoms with Gasteiger partial charge >= 0.3 is 0 Å². The molecule has 0 radical (unpaired) electrons. The molecule has 0 atom stereocenters. The number of anilines is 5. The van der Waals surface area contributed by atoms with Gasteiger partial charge in [0.2, 0.25) is 17.8 Å². The van der Waals surface area contributed by atoms with Gasteiger partial charge in [0.25, 0.3) is 40.5 Å². The van der Waals surface area contributed by atoms with Crippen molar-refractivity contribution in [3.05, 3.63) is 30.3 Å². The van der Waals surface area contributed by atoms with E-state index in [1.807, 2.05) is 0 Å². The van der Waals surface area contributed by atoms with Gasteiger partial charge in [0.05, 0.1) is 16.4 Å². The van der Waals surface area contributed by atoms with Crippen molar-refractivity contribution >= 4 is 81.3 Å². The molecule has 26 heteroatoms. The molecule has 0 bridgehead atoms. The summed E-state index contributed by atoms with van der Waals surface area (Å²) in [7, 11) is -18.3. The third-order valence-corrected chi connectivity index (χ3v) is 8.03. The summed E-state index contributed by atoms with van der Waals surface area (Å²) in [5.74, 6) is -2.41. The number of hydrogen-bond donors (Lipinski definition) is 8. The molecule has 0 spiro atoms. The Labute approximate surface area is 249 Å². The molecule has 0 aliphatic rings. The first-order valence-electron chi connectivity index (χ1n) is 11.4. The molecule has 0 aliphatic heterocycles. The Bertz CT molecular complexity index is 1970. The van der Waals surface area contributed by atoms with E-state index in [0.717, 1.165) is 6.07 Å². The predicted molar refractivity (Wildman–Crippen MR) is 152 cm³/mol. The lowest BCUT2D eigenvalue weighted by molar-refractivity contribution is 0.478. The second-order valence-electron chi connectivity index (χ2n) is 8.24. The van der Waals surface area contributed by atoms with Crippen molar-refractivity contribution in [3.8, 4) is 0 Å². The first-order valence-corrected chi connectivity index (χ1v) is 17.5. The summed E-state index contributed by atoms with van der Waals surface area (Å²) in [5.41, 5.74) is 5.07. The molecule has 2 heterocycles. The monoisotopic (exact) mass is 698 g/mol. The van der Waals surface area contributed by atoms with E-state index in [1.54, 1.807) is 0 Å². The molecule has 0 amide bonds. The van der Waals surface area contributed by atoms with Gasteiger partial charge in [-0.25, -0.2) is 4.98 Å². The minimum Gasteiger partial charge on any atom is -0.382 e. The van der Waals surface area contributed by atoms with Crippen LogP contribution in [0.4, 0.5) is 40.9 Å². The standard InChI is InChI=1S/C18H22N10O12S4/c19-15-11(27-28-12-9-10(43(35,36)37)1-3-13(12)44(38,39)40)2-4-14(22-15)23-18-25-16(20-5-7-41(29,30)31)24-17(26-18)21-6-8-42(32,33)34/h1-4,9H,5-8H2,(H,29,30,31)(H,32,33,34)(H,35,36,37)(H,38,39,40)(H5,19,20,21,22,23,24,25,26)/b28-27+. The van der Waals surface area contributed by atoms with E-state index in [4.69, 9.17) is 14.8 Å². The number of azo groups is 1. The molecule has 22 nitrogen and oxygen atoms in total. The van der Waals surface area contributed by atoms with Gasteiger partial charge in [0.1, 0.15) is 22.1 Å². The van der Waals surface area contributed by atoms with Crippen LogP contribution in [-0.2, 0) is 40.5 Å². The summed E-state index contributed by atoms with van der Waals surface area (Å²) in [5, 5.41) is 15.0. The van der Waals surface area contributed by atoms with Crippen LogP contribution in [0.15, 0.2) is 50.4 Å². The molecule has 3 rings (SSSR count). The molecule has 0 aliphatic carbocycles. The number of nitrogen functional groups attached to an aromatic ring is 1. The Morgan fingerprint density at radius 2 is 1.18 bits per heavy atom. The van der Waals surface area contributed by atoms with Crippen LogP contribution in [0.5, 0.6) is 0 Å². The van der Waals surface area contributed by atoms with E-state index in [9.17, 15) is 42.8 Å². The van der Waals surface area contributed by atoms with Crippen LogP contribution in [-0.4, -0.2) is 96.4 Å². The maximum Gasteiger partial charge on any atom is 0.296 e. The molecule has 0 saturated heterocycles. The SMILES string of the molecule is Nc1nc(Nc2nc(NCCS(=O)(=O)O)nc(NCCS(=O)(=O)O)n2)ccc1/N=N/c1cc(S(=O)(=O)O)ccc1S(=O)(=O)O. The van der Waals surface area contributed by atoms with Crippen molar-refractivity contribution in [2.45, 2.75) is 9.79 Å². The summed E-state index contributed by atoms with van der Waals surface area (Å²) < 4.78 is 127. The number of nitrogens with zero attached hydrogens (tertiary/aromatic N) is 6. The zero-order valence-corrected chi connectivity index (χ0v) is 24.9. The van der Waals surface area contributed by atoms with Gasteiger partial charge < -0.3 is 21.7 Å². The van der Waals surface area contributed by atoms with E-state index >= 15 is 0 Å². The van der Waals surface area contributed by atoms with Gasteiger partial charge in [-0.15, -0.1) is 10.2 Å². The largest absolute Gasteiger partial charge is 0.382 e. The number of nitrogens with two attached hydrogens (primary N) is 1. The number of pyridine rings is 1. The van der Waals surface area contributed by atoms with Gasteiger partial charge in [0.15, 0.2) is 5.82 Å². The maximum atomic E-state index is 11.7. The lowest BCUT2D eigenvalue weighted by atomic mass is 10.3. The average Bonchev–Trinajstić information content (AvgIpc) is 2.85. The van der Waals surface area contributed by atoms with Crippen LogP contribution in [0.1, 0.15) is 0 Å². The molecule has 0 fully saturated rings. The number of hydrogen-bond acceptors (Lipinski definition) is 18. The van der Waals surface area contributed by atoms with E-state index in [2.05, 4.69) is 46.1 Å². The molecule has 240 valence electrons. The maximum absolute atomic E-state index is 11.7. The van der Waals surface area contributed by atoms with Gasteiger partial charge in [-0.2, -0.15) is 48.6 Å². The quantitative estimate of drug-likeness (QED) is 0.0817.